The summed E-state index contributed by atoms with van der Waals surface area (Å²) < 4.78 is 4.63. The van der Waals surface area contributed by atoms with Crippen LogP contribution in [0.15, 0.2) is 47.2 Å². The summed E-state index contributed by atoms with van der Waals surface area (Å²) in [6.45, 7) is 0.480. The van der Waals surface area contributed by atoms with Crippen molar-refractivity contribution in [2.24, 2.45) is 0 Å². The maximum absolute atomic E-state index is 11.9. The molecule has 1 heterocycles. The smallest absolute Gasteiger partial charge is 0.275 e. The zero-order valence-corrected chi connectivity index (χ0v) is 11.8. The second-order valence-electron chi connectivity index (χ2n) is 4.63. The molecule has 110 valence electrons. The van der Waals surface area contributed by atoms with Gasteiger partial charge in [0.05, 0.1) is 0 Å². The number of carbonyl (C=O) groups is 2. The summed E-state index contributed by atoms with van der Waals surface area (Å²) in [6, 6.07) is 10.8. The van der Waals surface area contributed by atoms with Gasteiger partial charge in [0, 0.05) is 31.8 Å². The summed E-state index contributed by atoms with van der Waals surface area (Å²) in [7, 11) is 1.67. The van der Waals surface area contributed by atoms with Crippen molar-refractivity contribution in [2.45, 2.75) is 12.8 Å². The normalized spacial score (nSPS) is 10.1. The third-order valence-electron chi connectivity index (χ3n) is 2.96. The quantitative estimate of drug-likeness (QED) is 0.883. The minimum atomic E-state index is -0.216. The molecule has 1 aromatic heterocycles. The van der Waals surface area contributed by atoms with Gasteiger partial charge < -0.3 is 14.7 Å². The van der Waals surface area contributed by atoms with Gasteiger partial charge in [-0.2, -0.15) is 0 Å². The highest BCUT2D eigenvalue weighted by atomic mass is 16.5. The first-order valence-electron chi connectivity index (χ1n) is 6.67. The first kappa shape index (κ1) is 14.8. The number of anilines is 1. The Morgan fingerprint density at radius 2 is 2.00 bits per heavy atom. The third-order valence-corrected chi connectivity index (χ3v) is 2.96. The Morgan fingerprint density at radius 3 is 2.67 bits per heavy atom. The first-order chi connectivity index (χ1) is 10.2. The molecule has 0 unspecified atom stereocenters. The predicted octanol–water partition coefficient (Wildman–Crippen LogP) is 2.17. The van der Waals surface area contributed by atoms with Crippen molar-refractivity contribution in [1.29, 1.82) is 0 Å². The predicted molar refractivity (Wildman–Crippen MR) is 77.8 cm³/mol. The lowest BCUT2D eigenvalue weighted by molar-refractivity contribution is -0.116. The monoisotopic (exact) mass is 287 g/mol. The average Bonchev–Trinajstić information content (AvgIpc) is 3.01. The maximum Gasteiger partial charge on any atom is 0.275 e. The number of nitrogens with zero attached hydrogens (tertiary/aromatic N) is 2. The van der Waals surface area contributed by atoms with Crippen LogP contribution < -0.4 is 5.32 Å². The van der Waals surface area contributed by atoms with Gasteiger partial charge >= 0.3 is 0 Å². The fraction of sp³-hybridized carbons (Fsp3) is 0.267. The van der Waals surface area contributed by atoms with Crippen LogP contribution in [0.4, 0.5) is 5.69 Å². The second-order valence-corrected chi connectivity index (χ2v) is 4.63. The number of aromatic nitrogens is 1. The van der Waals surface area contributed by atoms with Crippen molar-refractivity contribution in [2.75, 3.05) is 18.9 Å². The summed E-state index contributed by atoms with van der Waals surface area (Å²) in [5, 5.41) is 6.39. The van der Waals surface area contributed by atoms with E-state index in [1.54, 1.807) is 7.05 Å². The van der Waals surface area contributed by atoms with Gasteiger partial charge in [0.15, 0.2) is 5.69 Å². The summed E-state index contributed by atoms with van der Waals surface area (Å²) in [5.74, 6) is -0.282. The van der Waals surface area contributed by atoms with Gasteiger partial charge in [0.25, 0.3) is 5.91 Å². The Balaban J connectivity index is 1.71. The van der Waals surface area contributed by atoms with Crippen molar-refractivity contribution < 1.29 is 14.1 Å². The van der Waals surface area contributed by atoms with E-state index in [2.05, 4.69) is 15.0 Å². The molecule has 2 aromatic rings. The maximum atomic E-state index is 11.9. The van der Waals surface area contributed by atoms with Crippen molar-refractivity contribution in [3.8, 4) is 0 Å². The third kappa shape index (κ3) is 4.45. The lowest BCUT2D eigenvalue weighted by Gasteiger charge is -2.15. The molecule has 0 saturated heterocycles. The minimum Gasteiger partial charge on any atom is -0.364 e. The van der Waals surface area contributed by atoms with E-state index in [9.17, 15) is 9.59 Å². The Hall–Kier alpha value is -2.63. The Labute approximate surface area is 122 Å². The lowest BCUT2D eigenvalue weighted by atomic mass is 10.2. The van der Waals surface area contributed by atoms with Crippen LogP contribution in [0.1, 0.15) is 23.3 Å². The molecule has 6 nitrogen and oxygen atoms in total. The van der Waals surface area contributed by atoms with E-state index < -0.39 is 0 Å². The molecule has 0 bridgehead atoms. The molecule has 6 heteroatoms. The molecule has 0 aliphatic heterocycles. The van der Waals surface area contributed by atoms with E-state index >= 15 is 0 Å². The largest absolute Gasteiger partial charge is 0.364 e. The van der Waals surface area contributed by atoms with Crippen molar-refractivity contribution in [3.05, 3.63) is 48.4 Å². The molecule has 0 radical (unpaired) electrons. The summed E-state index contributed by atoms with van der Waals surface area (Å²) >= 11 is 0. The molecule has 0 aliphatic rings. The number of nitrogens with one attached hydrogen (secondary N) is 1. The van der Waals surface area contributed by atoms with Crippen LogP contribution >= 0.6 is 0 Å². The Bertz CT molecular complexity index is 581. The minimum absolute atomic E-state index is 0.0662. The Morgan fingerprint density at radius 1 is 1.24 bits per heavy atom. The van der Waals surface area contributed by atoms with Gasteiger partial charge in [-0.05, 0) is 18.6 Å². The molecule has 0 atom stereocenters. The van der Waals surface area contributed by atoms with E-state index in [1.165, 1.54) is 17.2 Å². The number of para-hydroxylation sites is 1. The molecule has 2 amide bonds. The van der Waals surface area contributed by atoms with Crippen LogP contribution in [-0.2, 0) is 4.79 Å². The number of hydrogen-bond donors (Lipinski definition) is 1. The molecular weight excluding hydrogens is 270 g/mol. The number of carbonyl (C=O) groups excluding carboxylic acids is 2. The zero-order valence-electron chi connectivity index (χ0n) is 11.8. The van der Waals surface area contributed by atoms with E-state index in [0.717, 1.165) is 5.69 Å². The van der Waals surface area contributed by atoms with Crippen LogP contribution in [0.3, 0.4) is 0 Å². The highest BCUT2D eigenvalue weighted by Crippen LogP contribution is 2.07. The van der Waals surface area contributed by atoms with E-state index in [-0.39, 0.29) is 17.5 Å². The van der Waals surface area contributed by atoms with Gasteiger partial charge in [-0.15, -0.1) is 0 Å². The van der Waals surface area contributed by atoms with Gasteiger partial charge in [-0.25, -0.2) is 0 Å². The fourth-order valence-electron chi connectivity index (χ4n) is 1.84. The molecule has 0 saturated carbocycles. The molecule has 0 spiro atoms. The number of benzene rings is 1. The summed E-state index contributed by atoms with van der Waals surface area (Å²) in [5.41, 5.74) is 1.04. The van der Waals surface area contributed by atoms with Crippen LogP contribution in [0.2, 0.25) is 0 Å². The zero-order chi connectivity index (χ0) is 15.1. The van der Waals surface area contributed by atoms with Crippen LogP contribution in [0.5, 0.6) is 0 Å². The molecule has 0 fully saturated rings. The molecular formula is C15H17N3O3. The highest BCUT2D eigenvalue weighted by molar-refractivity contribution is 5.92. The van der Waals surface area contributed by atoms with Crippen LogP contribution in [-0.4, -0.2) is 35.5 Å². The van der Waals surface area contributed by atoms with Gasteiger partial charge in [0.2, 0.25) is 5.91 Å². The number of hydrogen-bond acceptors (Lipinski definition) is 4. The lowest BCUT2D eigenvalue weighted by Crippen LogP contribution is -2.28. The van der Waals surface area contributed by atoms with E-state index in [4.69, 9.17) is 0 Å². The standard InChI is InChI=1S/C15H17N3O3/c1-18(15(20)13-9-11-21-17-13)10-5-8-14(19)16-12-6-3-2-4-7-12/h2-4,6-7,9,11H,5,8,10H2,1H3,(H,16,19). The molecule has 1 N–H and O–H groups in total. The summed E-state index contributed by atoms with van der Waals surface area (Å²) in [6.07, 6.45) is 2.29. The molecule has 2 rings (SSSR count). The topological polar surface area (TPSA) is 75.4 Å². The molecule has 21 heavy (non-hydrogen) atoms. The van der Waals surface area contributed by atoms with Gasteiger partial charge in [0.1, 0.15) is 6.26 Å². The van der Waals surface area contributed by atoms with E-state index in [1.807, 2.05) is 30.3 Å². The first-order valence-corrected chi connectivity index (χ1v) is 6.67. The van der Waals surface area contributed by atoms with E-state index in [0.29, 0.717) is 19.4 Å². The SMILES string of the molecule is CN(CCCC(=O)Nc1ccccc1)C(=O)c1ccon1. The number of amides is 2. The average molecular weight is 287 g/mol. The highest BCUT2D eigenvalue weighted by Gasteiger charge is 2.14. The second kappa shape index (κ2) is 7.23. The van der Waals surface area contributed by atoms with Gasteiger partial charge in [-0.1, -0.05) is 23.4 Å². The van der Waals surface area contributed by atoms with Crippen LogP contribution in [0.25, 0.3) is 0 Å². The fourth-order valence-corrected chi connectivity index (χ4v) is 1.84. The van der Waals surface area contributed by atoms with Crippen LogP contribution in [0, 0.1) is 0 Å². The van der Waals surface area contributed by atoms with Gasteiger partial charge in [-0.3, -0.25) is 9.59 Å². The number of rotatable bonds is 6. The van der Waals surface area contributed by atoms with Crippen molar-refractivity contribution in [3.63, 3.8) is 0 Å². The van der Waals surface area contributed by atoms with Crippen molar-refractivity contribution >= 4 is 17.5 Å². The molecule has 1 aromatic carbocycles. The summed E-state index contributed by atoms with van der Waals surface area (Å²) in [4.78, 5) is 25.1. The molecule has 0 aliphatic carbocycles. The Kier molecular flexibility index (Phi) is 5.09. The van der Waals surface area contributed by atoms with Crippen molar-refractivity contribution in [1.82, 2.24) is 10.1 Å².